The molecule has 1 atom stereocenters. The van der Waals surface area contributed by atoms with Crippen LogP contribution in [-0.2, 0) is 5.41 Å². The molecule has 120 valence electrons. The Morgan fingerprint density at radius 2 is 1.45 bits per heavy atom. The molecule has 0 heterocycles. The molecule has 0 aromatic heterocycles. The van der Waals surface area contributed by atoms with Crippen LogP contribution in [0.4, 0.5) is 0 Å². The van der Waals surface area contributed by atoms with Gasteiger partial charge in [-0.1, -0.05) is 81.0 Å². The summed E-state index contributed by atoms with van der Waals surface area (Å²) < 4.78 is 0. The molecule has 1 aromatic rings. The van der Waals surface area contributed by atoms with E-state index in [1.807, 2.05) is 0 Å². The van der Waals surface area contributed by atoms with Crippen molar-refractivity contribution in [2.75, 3.05) is 0 Å². The fourth-order valence-corrected chi connectivity index (χ4v) is 5.94. The Bertz CT molecular complexity index is 651. The van der Waals surface area contributed by atoms with Crippen LogP contribution in [0.25, 0.3) is 0 Å². The molecule has 1 aromatic carbocycles. The van der Waals surface area contributed by atoms with Gasteiger partial charge in [0.1, 0.15) is 0 Å². The fraction of sp³-hybridized carbons (Fsp3) is 0.524. The normalized spacial score (nSPS) is 20.1. The van der Waals surface area contributed by atoms with E-state index in [0.29, 0.717) is 5.92 Å². The number of rotatable bonds is 3. The van der Waals surface area contributed by atoms with Crippen LogP contribution >= 0.6 is 0 Å². The lowest BCUT2D eigenvalue weighted by atomic mass is 9.74. The topological polar surface area (TPSA) is 0 Å². The van der Waals surface area contributed by atoms with Gasteiger partial charge in [0.05, 0.1) is 8.07 Å². The summed E-state index contributed by atoms with van der Waals surface area (Å²) in [5, 5.41) is 1.60. The SMILES string of the molecule is CC1=C(C)C(C)C(C)=C1C(C)(C)c1ccccc1[Si](C)(C)C. The fourth-order valence-electron chi connectivity index (χ4n) is 4.14. The molecule has 0 N–H and O–H groups in total. The van der Waals surface area contributed by atoms with E-state index < -0.39 is 8.07 Å². The summed E-state index contributed by atoms with van der Waals surface area (Å²) in [5.74, 6) is 0.591. The van der Waals surface area contributed by atoms with Crippen molar-refractivity contribution >= 4 is 13.3 Å². The van der Waals surface area contributed by atoms with Gasteiger partial charge in [-0.2, -0.15) is 0 Å². The smallest absolute Gasteiger partial charge is 0.0656 e. The van der Waals surface area contributed by atoms with Crippen LogP contribution in [0.1, 0.15) is 47.1 Å². The Morgan fingerprint density at radius 3 is 1.91 bits per heavy atom. The van der Waals surface area contributed by atoms with Crippen molar-refractivity contribution in [3.05, 3.63) is 52.1 Å². The first kappa shape index (κ1) is 17.3. The minimum absolute atomic E-state index is 0.0804. The predicted molar refractivity (Wildman–Crippen MR) is 103 cm³/mol. The summed E-state index contributed by atoms with van der Waals surface area (Å²) in [7, 11) is -1.36. The van der Waals surface area contributed by atoms with Gasteiger partial charge < -0.3 is 0 Å². The van der Waals surface area contributed by atoms with Crippen LogP contribution in [0.2, 0.25) is 19.6 Å². The standard InChI is InChI=1S/C21H32Si/c1-14-15(2)17(4)20(16(14)3)21(5,6)18-12-10-11-13-19(18)22(7,8)9/h10-14H,1-9H3. The Morgan fingerprint density at radius 1 is 0.909 bits per heavy atom. The minimum atomic E-state index is -1.36. The predicted octanol–water partition coefficient (Wildman–Crippen LogP) is 5.81. The molecule has 1 aliphatic carbocycles. The third-order valence-corrected chi connectivity index (χ3v) is 7.75. The third kappa shape index (κ3) is 2.64. The first-order valence-electron chi connectivity index (χ1n) is 8.48. The van der Waals surface area contributed by atoms with Crippen LogP contribution < -0.4 is 5.19 Å². The maximum absolute atomic E-state index is 2.45. The van der Waals surface area contributed by atoms with Gasteiger partial charge in [-0.25, -0.2) is 0 Å². The van der Waals surface area contributed by atoms with E-state index in [1.54, 1.807) is 21.9 Å². The van der Waals surface area contributed by atoms with Crippen LogP contribution in [0.5, 0.6) is 0 Å². The van der Waals surface area contributed by atoms with Gasteiger partial charge in [0.15, 0.2) is 0 Å². The molecular formula is C21H32Si. The molecule has 1 heteroatoms. The summed E-state index contributed by atoms with van der Waals surface area (Å²) in [5.41, 5.74) is 7.81. The molecule has 2 rings (SSSR count). The third-order valence-electron chi connectivity index (χ3n) is 5.69. The number of hydrogen-bond acceptors (Lipinski definition) is 0. The maximum Gasteiger partial charge on any atom is 0.0779 e. The average Bonchev–Trinajstić information content (AvgIpc) is 2.62. The van der Waals surface area contributed by atoms with Gasteiger partial charge in [-0.05, 0) is 43.4 Å². The number of allylic oxidation sites excluding steroid dienone is 4. The second-order valence-corrected chi connectivity index (χ2v) is 13.5. The van der Waals surface area contributed by atoms with E-state index in [9.17, 15) is 0 Å². The molecule has 22 heavy (non-hydrogen) atoms. The van der Waals surface area contributed by atoms with E-state index in [4.69, 9.17) is 0 Å². The van der Waals surface area contributed by atoms with Crippen LogP contribution in [0.15, 0.2) is 46.6 Å². The van der Waals surface area contributed by atoms with Crippen molar-refractivity contribution in [2.45, 2.75) is 66.6 Å². The highest BCUT2D eigenvalue weighted by atomic mass is 28.3. The second kappa shape index (κ2) is 5.52. The molecule has 1 unspecified atom stereocenters. The zero-order valence-corrected chi connectivity index (χ0v) is 16.9. The van der Waals surface area contributed by atoms with Crippen LogP contribution in [0, 0.1) is 5.92 Å². The van der Waals surface area contributed by atoms with Crippen molar-refractivity contribution in [2.24, 2.45) is 5.92 Å². The van der Waals surface area contributed by atoms with Gasteiger partial charge in [0.2, 0.25) is 0 Å². The van der Waals surface area contributed by atoms with E-state index >= 15 is 0 Å². The molecule has 1 aliphatic rings. The molecular weight excluding hydrogens is 280 g/mol. The lowest BCUT2D eigenvalue weighted by Crippen LogP contribution is -2.44. The van der Waals surface area contributed by atoms with E-state index in [0.717, 1.165) is 0 Å². The summed E-state index contributed by atoms with van der Waals surface area (Å²) in [6, 6.07) is 9.14. The monoisotopic (exact) mass is 312 g/mol. The highest BCUT2D eigenvalue weighted by Gasteiger charge is 2.37. The molecule has 0 nitrogen and oxygen atoms in total. The lowest BCUT2D eigenvalue weighted by molar-refractivity contribution is 0.626. The largest absolute Gasteiger partial charge is 0.0779 e. The first-order chi connectivity index (χ1) is 9.99. The molecule has 0 bridgehead atoms. The highest BCUT2D eigenvalue weighted by Crippen LogP contribution is 2.46. The number of hydrogen-bond donors (Lipinski definition) is 0. The average molecular weight is 313 g/mol. The Kier molecular flexibility index (Phi) is 4.34. The van der Waals surface area contributed by atoms with Gasteiger partial charge in [0.25, 0.3) is 0 Å². The lowest BCUT2D eigenvalue weighted by Gasteiger charge is -2.35. The van der Waals surface area contributed by atoms with Crippen LogP contribution in [0.3, 0.4) is 0 Å². The van der Waals surface area contributed by atoms with E-state index in [-0.39, 0.29) is 5.41 Å². The van der Waals surface area contributed by atoms with Crippen molar-refractivity contribution in [3.8, 4) is 0 Å². The van der Waals surface area contributed by atoms with E-state index in [1.165, 1.54) is 11.1 Å². The van der Waals surface area contributed by atoms with Gasteiger partial charge >= 0.3 is 0 Å². The zero-order chi connectivity index (χ0) is 16.9. The first-order valence-corrected chi connectivity index (χ1v) is 12.0. The molecule has 0 spiro atoms. The van der Waals surface area contributed by atoms with E-state index in [2.05, 4.69) is 85.4 Å². The van der Waals surface area contributed by atoms with Gasteiger partial charge in [-0.3, -0.25) is 0 Å². The molecule has 0 saturated carbocycles. The summed E-state index contributed by atoms with van der Waals surface area (Å²) >= 11 is 0. The van der Waals surface area contributed by atoms with Crippen molar-refractivity contribution in [1.29, 1.82) is 0 Å². The number of benzene rings is 1. The molecule has 0 saturated heterocycles. The quantitative estimate of drug-likeness (QED) is 0.618. The van der Waals surface area contributed by atoms with Crippen molar-refractivity contribution in [3.63, 3.8) is 0 Å². The zero-order valence-electron chi connectivity index (χ0n) is 15.9. The molecule has 0 fully saturated rings. The van der Waals surface area contributed by atoms with Crippen molar-refractivity contribution in [1.82, 2.24) is 0 Å². The summed E-state index contributed by atoms with van der Waals surface area (Å²) in [6.07, 6.45) is 0. The van der Waals surface area contributed by atoms with Gasteiger partial charge in [0, 0.05) is 5.41 Å². The second-order valence-electron chi connectivity index (χ2n) is 8.51. The Hall–Kier alpha value is -1.08. The maximum atomic E-state index is 2.45. The Labute approximate surface area is 138 Å². The summed E-state index contributed by atoms with van der Waals surface area (Å²) in [6.45, 7) is 21.5. The molecule has 0 radical (unpaired) electrons. The highest BCUT2D eigenvalue weighted by molar-refractivity contribution is 6.89. The molecule has 0 aliphatic heterocycles. The van der Waals surface area contributed by atoms with Crippen molar-refractivity contribution < 1.29 is 0 Å². The Balaban J connectivity index is 2.68. The molecule has 0 amide bonds. The van der Waals surface area contributed by atoms with Gasteiger partial charge in [-0.15, -0.1) is 0 Å². The minimum Gasteiger partial charge on any atom is -0.0656 e. The van der Waals surface area contributed by atoms with Crippen LogP contribution in [-0.4, -0.2) is 8.07 Å². The summed E-state index contributed by atoms with van der Waals surface area (Å²) in [4.78, 5) is 0.